The monoisotopic (exact) mass is 461 g/mol. The lowest BCUT2D eigenvalue weighted by atomic mass is 9.85. The van der Waals surface area contributed by atoms with Crippen molar-refractivity contribution in [2.45, 2.75) is 12.2 Å². The molecule has 172 valence electrons. The number of aliphatic hydroxyl groups is 1. The number of nitriles is 1. The third-order valence-corrected chi connectivity index (χ3v) is 5.52. The molecule has 0 aromatic heterocycles. The van der Waals surface area contributed by atoms with Crippen LogP contribution in [0, 0.1) is 11.3 Å². The van der Waals surface area contributed by atoms with Crippen molar-refractivity contribution in [1.29, 1.82) is 5.26 Å². The van der Waals surface area contributed by atoms with Crippen molar-refractivity contribution in [1.82, 2.24) is 5.43 Å². The van der Waals surface area contributed by atoms with E-state index in [1.165, 1.54) is 6.21 Å². The second kappa shape index (κ2) is 10.9. The molecule has 35 heavy (non-hydrogen) atoms. The van der Waals surface area contributed by atoms with Crippen molar-refractivity contribution >= 4 is 12.1 Å². The fourth-order valence-electron chi connectivity index (χ4n) is 3.66. The summed E-state index contributed by atoms with van der Waals surface area (Å²) in [6.45, 7) is 0.211. The van der Waals surface area contributed by atoms with Gasteiger partial charge in [-0.05, 0) is 29.3 Å². The zero-order valence-electron chi connectivity index (χ0n) is 18.8. The van der Waals surface area contributed by atoms with Crippen LogP contribution in [0.2, 0.25) is 0 Å². The number of carbonyl (C=O) groups excluding carboxylic acids is 1. The van der Waals surface area contributed by atoms with Crippen LogP contribution in [-0.4, -0.2) is 17.2 Å². The van der Waals surface area contributed by atoms with Crippen molar-refractivity contribution < 1.29 is 14.6 Å². The number of nitrogens with zero attached hydrogens (tertiary/aromatic N) is 2. The molecule has 0 atom stereocenters. The molecule has 0 bridgehead atoms. The van der Waals surface area contributed by atoms with E-state index in [1.807, 2.05) is 36.4 Å². The maximum Gasteiger partial charge on any atom is 0.281 e. The van der Waals surface area contributed by atoms with Gasteiger partial charge in [0.2, 0.25) is 0 Å². The largest absolute Gasteiger partial charge is 0.488 e. The van der Waals surface area contributed by atoms with E-state index >= 15 is 0 Å². The Morgan fingerprint density at radius 1 is 0.886 bits per heavy atom. The Balaban J connectivity index is 1.53. The summed E-state index contributed by atoms with van der Waals surface area (Å²) in [6.07, 6.45) is 1.46. The minimum Gasteiger partial charge on any atom is -0.488 e. The zero-order chi connectivity index (χ0) is 24.5. The van der Waals surface area contributed by atoms with E-state index < -0.39 is 11.5 Å². The van der Waals surface area contributed by atoms with Crippen molar-refractivity contribution in [3.8, 4) is 11.8 Å². The quantitative estimate of drug-likeness (QED) is 0.298. The van der Waals surface area contributed by atoms with Gasteiger partial charge in [-0.2, -0.15) is 10.4 Å². The first-order valence-electron chi connectivity index (χ1n) is 11.0. The third-order valence-electron chi connectivity index (χ3n) is 5.52. The lowest BCUT2D eigenvalue weighted by Gasteiger charge is -2.27. The molecular weight excluding hydrogens is 438 g/mol. The second-order valence-corrected chi connectivity index (χ2v) is 7.74. The molecule has 0 saturated carbocycles. The van der Waals surface area contributed by atoms with Gasteiger partial charge in [0.15, 0.2) is 5.60 Å². The average Bonchev–Trinajstić information content (AvgIpc) is 2.93. The first-order valence-corrected chi connectivity index (χ1v) is 11.0. The highest BCUT2D eigenvalue weighted by molar-refractivity contribution is 5.91. The Kier molecular flexibility index (Phi) is 7.31. The summed E-state index contributed by atoms with van der Waals surface area (Å²) in [7, 11) is 0. The topological polar surface area (TPSA) is 94.7 Å². The number of carbonyl (C=O) groups is 1. The summed E-state index contributed by atoms with van der Waals surface area (Å²) in [4.78, 5) is 13.2. The molecule has 4 aromatic rings. The van der Waals surface area contributed by atoms with E-state index in [9.17, 15) is 15.2 Å². The fourth-order valence-corrected chi connectivity index (χ4v) is 3.66. The summed E-state index contributed by atoms with van der Waals surface area (Å²) >= 11 is 0. The van der Waals surface area contributed by atoms with E-state index in [4.69, 9.17) is 4.74 Å². The van der Waals surface area contributed by atoms with E-state index in [2.05, 4.69) is 16.6 Å². The van der Waals surface area contributed by atoms with Gasteiger partial charge in [0.05, 0.1) is 17.8 Å². The van der Waals surface area contributed by atoms with Crippen molar-refractivity contribution in [2.75, 3.05) is 0 Å². The van der Waals surface area contributed by atoms with Gasteiger partial charge in [-0.15, -0.1) is 0 Å². The minimum atomic E-state index is -1.92. The van der Waals surface area contributed by atoms with Crippen LogP contribution in [0.4, 0.5) is 0 Å². The summed E-state index contributed by atoms with van der Waals surface area (Å²) in [5, 5.41) is 24.9. The Hall–Kier alpha value is -4.73. The number of hydrogen-bond acceptors (Lipinski definition) is 5. The van der Waals surface area contributed by atoms with Gasteiger partial charge in [-0.3, -0.25) is 4.79 Å². The van der Waals surface area contributed by atoms with E-state index in [-0.39, 0.29) is 6.61 Å². The van der Waals surface area contributed by atoms with Gasteiger partial charge < -0.3 is 9.84 Å². The van der Waals surface area contributed by atoms with Crippen LogP contribution >= 0.6 is 0 Å². The summed E-state index contributed by atoms with van der Waals surface area (Å²) in [6, 6.07) is 34.1. The number of rotatable bonds is 8. The highest BCUT2D eigenvalue weighted by Gasteiger charge is 2.39. The molecule has 4 rings (SSSR count). The summed E-state index contributed by atoms with van der Waals surface area (Å²) < 4.78 is 5.92. The molecular formula is C29H23N3O3. The van der Waals surface area contributed by atoms with Gasteiger partial charge in [0.1, 0.15) is 12.4 Å². The normalized spacial score (nSPS) is 11.1. The molecule has 6 heteroatoms. The van der Waals surface area contributed by atoms with Crippen molar-refractivity contribution in [2.24, 2.45) is 5.10 Å². The average molecular weight is 462 g/mol. The number of para-hydroxylation sites is 1. The molecule has 0 heterocycles. The van der Waals surface area contributed by atoms with Crippen LogP contribution in [-0.2, 0) is 17.0 Å². The molecule has 0 aliphatic heterocycles. The van der Waals surface area contributed by atoms with Gasteiger partial charge >= 0.3 is 0 Å². The van der Waals surface area contributed by atoms with Crippen molar-refractivity contribution in [3.05, 3.63) is 137 Å². The highest BCUT2D eigenvalue weighted by atomic mass is 16.5. The molecule has 0 aliphatic carbocycles. The second-order valence-electron chi connectivity index (χ2n) is 7.74. The molecule has 0 radical (unpaired) electrons. The molecule has 0 spiro atoms. The van der Waals surface area contributed by atoms with Crippen molar-refractivity contribution in [3.63, 3.8) is 0 Å². The maximum absolute atomic E-state index is 13.2. The Labute approximate surface area is 203 Å². The summed E-state index contributed by atoms with van der Waals surface area (Å²) in [5.41, 5.74) is 3.36. The zero-order valence-corrected chi connectivity index (χ0v) is 18.8. The van der Waals surface area contributed by atoms with Gasteiger partial charge in [-0.25, -0.2) is 5.43 Å². The van der Waals surface area contributed by atoms with Crippen LogP contribution in [0.1, 0.15) is 27.8 Å². The number of hydrogen-bond donors (Lipinski definition) is 2. The third kappa shape index (κ3) is 5.27. The Morgan fingerprint density at radius 3 is 2.11 bits per heavy atom. The van der Waals surface area contributed by atoms with Gasteiger partial charge in [-0.1, -0.05) is 91.0 Å². The highest BCUT2D eigenvalue weighted by Crippen LogP contribution is 2.30. The van der Waals surface area contributed by atoms with E-state index in [1.54, 1.807) is 72.8 Å². The number of benzene rings is 4. The molecule has 4 aromatic carbocycles. The molecule has 0 saturated heterocycles. The molecule has 1 amide bonds. The van der Waals surface area contributed by atoms with Crippen LogP contribution in [0.25, 0.3) is 0 Å². The molecule has 0 unspecified atom stereocenters. The maximum atomic E-state index is 13.2. The van der Waals surface area contributed by atoms with Gasteiger partial charge in [0.25, 0.3) is 5.91 Å². The fraction of sp³-hybridized carbons (Fsp3) is 0.0690. The lowest BCUT2D eigenvalue weighted by Crippen LogP contribution is -2.43. The number of ether oxygens (including phenoxy) is 1. The van der Waals surface area contributed by atoms with Crippen LogP contribution in [0.5, 0.6) is 5.75 Å². The molecule has 6 nitrogen and oxygen atoms in total. The predicted molar refractivity (Wildman–Crippen MR) is 134 cm³/mol. The first-order chi connectivity index (χ1) is 17.1. The van der Waals surface area contributed by atoms with Crippen LogP contribution < -0.4 is 10.2 Å². The first kappa shape index (κ1) is 23.4. The molecule has 2 N–H and O–H groups in total. The summed E-state index contributed by atoms with van der Waals surface area (Å²) in [5.74, 6) is -0.146. The minimum absolute atomic E-state index is 0.211. The van der Waals surface area contributed by atoms with E-state index in [0.29, 0.717) is 28.0 Å². The lowest BCUT2D eigenvalue weighted by molar-refractivity contribution is -0.136. The SMILES string of the molecule is N#Cc1ccccc1COc1ccccc1/C=N/NC(=O)C(O)(c1ccccc1)c1ccccc1. The standard InChI is InChI=1S/C29H23N3O3/c30-19-22-11-7-8-13-24(22)21-35-27-18-10-9-12-23(27)20-31-32-28(33)29(34,25-14-3-1-4-15-25)26-16-5-2-6-17-26/h1-18,20,34H,21H2,(H,32,33)/b31-20+. The van der Waals surface area contributed by atoms with Gasteiger partial charge in [0, 0.05) is 11.1 Å². The Bertz CT molecular complexity index is 1320. The van der Waals surface area contributed by atoms with Crippen LogP contribution in [0.3, 0.4) is 0 Å². The van der Waals surface area contributed by atoms with Crippen LogP contribution in [0.15, 0.2) is 114 Å². The number of nitrogens with one attached hydrogen (secondary N) is 1. The molecule has 0 fully saturated rings. The predicted octanol–water partition coefficient (Wildman–Crippen LogP) is 4.52. The smallest absolute Gasteiger partial charge is 0.281 e. The molecule has 0 aliphatic rings. The van der Waals surface area contributed by atoms with E-state index in [0.717, 1.165) is 5.56 Å². The Morgan fingerprint density at radius 2 is 1.46 bits per heavy atom. The number of hydrazone groups is 1. The number of amides is 1.